The largest absolute Gasteiger partial charge is 0.373 e. The van der Waals surface area contributed by atoms with E-state index in [4.69, 9.17) is 8.92 Å². The summed E-state index contributed by atoms with van der Waals surface area (Å²) in [6, 6.07) is 0. The van der Waals surface area contributed by atoms with Gasteiger partial charge in [0.2, 0.25) is 0 Å². The van der Waals surface area contributed by atoms with Gasteiger partial charge in [-0.2, -0.15) is 16.8 Å². The van der Waals surface area contributed by atoms with Gasteiger partial charge in [0.05, 0.1) is 19.1 Å². The Hall–Kier alpha value is -0.220. The third kappa shape index (κ3) is 5.21. The molecule has 1 aliphatic heterocycles. The van der Waals surface area contributed by atoms with Crippen LogP contribution in [0.15, 0.2) is 0 Å². The maximum absolute atomic E-state index is 10.9. The second-order valence-corrected chi connectivity index (χ2v) is 6.77. The summed E-state index contributed by atoms with van der Waals surface area (Å²) in [5.41, 5.74) is 0. The number of rotatable bonds is 5. The molecule has 1 heterocycles. The lowest BCUT2D eigenvalue weighted by Crippen LogP contribution is -2.31. The second-order valence-electron chi connectivity index (χ2n) is 3.53. The van der Waals surface area contributed by atoms with E-state index in [0.717, 1.165) is 12.5 Å². The Morgan fingerprint density at radius 1 is 1.19 bits per heavy atom. The molecule has 1 fully saturated rings. The molecular weight excluding hydrogens is 260 g/mol. The standard InChI is InChI=1S/C7H14O7S2/c1-15(8,9)13-5-7-6(3-4-12-7)14-16(2,10)11/h6-7H,3-5H2,1-2H3. The van der Waals surface area contributed by atoms with E-state index in [9.17, 15) is 16.8 Å². The van der Waals surface area contributed by atoms with Gasteiger partial charge in [-0.3, -0.25) is 8.37 Å². The van der Waals surface area contributed by atoms with Crippen molar-refractivity contribution in [3.63, 3.8) is 0 Å². The molecule has 0 aromatic carbocycles. The predicted octanol–water partition coefficient (Wildman–Crippen LogP) is -0.904. The zero-order valence-corrected chi connectivity index (χ0v) is 10.6. The van der Waals surface area contributed by atoms with Crippen LogP contribution in [0.4, 0.5) is 0 Å². The molecule has 0 aromatic rings. The lowest BCUT2D eigenvalue weighted by atomic mass is 10.2. The van der Waals surface area contributed by atoms with Gasteiger partial charge in [-0.05, 0) is 0 Å². The van der Waals surface area contributed by atoms with Crippen molar-refractivity contribution in [2.45, 2.75) is 18.6 Å². The molecule has 16 heavy (non-hydrogen) atoms. The smallest absolute Gasteiger partial charge is 0.264 e. The van der Waals surface area contributed by atoms with E-state index in [-0.39, 0.29) is 6.61 Å². The molecule has 0 aliphatic carbocycles. The highest BCUT2D eigenvalue weighted by molar-refractivity contribution is 7.86. The number of ether oxygens (including phenoxy) is 1. The normalized spacial score (nSPS) is 27.1. The summed E-state index contributed by atoms with van der Waals surface area (Å²) in [5.74, 6) is 0. The highest BCUT2D eigenvalue weighted by atomic mass is 32.2. The molecule has 0 bridgehead atoms. The van der Waals surface area contributed by atoms with E-state index < -0.39 is 32.4 Å². The first-order valence-electron chi connectivity index (χ1n) is 4.52. The average molecular weight is 274 g/mol. The van der Waals surface area contributed by atoms with Crippen molar-refractivity contribution < 1.29 is 29.9 Å². The highest BCUT2D eigenvalue weighted by Crippen LogP contribution is 2.19. The molecule has 96 valence electrons. The zero-order chi connectivity index (χ0) is 12.4. The van der Waals surface area contributed by atoms with Crippen LogP contribution in [0.3, 0.4) is 0 Å². The summed E-state index contributed by atoms with van der Waals surface area (Å²) in [5, 5.41) is 0. The molecule has 2 unspecified atom stereocenters. The first-order chi connectivity index (χ1) is 7.17. The molecule has 0 radical (unpaired) electrons. The highest BCUT2D eigenvalue weighted by Gasteiger charge is 2.33. The van der Waals surface area contributed by atoms with Crippen molar-refractivity contribution in [1.82, 2.24) is 0 Å². The van der Waals surface area contributed by atoms with Crippen LogP contribution in [0.5, 0.6) is 0 Å². The van der Waals surface area contributed by atoms with E-state index in [1.165, 1.54) is 0 Å². The first kappa shape index (κ1) is 13.8. The minimum Gasteiger partial charge on any atom is -0.373 e. The lowest BCUT2D eigenvalue weighted by molar-refractivity contribution is 0.0244. The molecule has 0 spiro atoms. The average Bonchev–Trinajstić information content (AvgIpc) is 2.44. The fourth-order valence-corrected chi connectivity index (χ4v) is 2.36. The molecule has 2 atom stereocenters. The molecular formula is C7H14O7S2. The quantitative estimate of drug-likeness (QED) is 0.599. The topological polar surface area (TPSA) is 96.0 Å². The molecule has 0 saturated carbocycles. The van der Waals surface area contributed by atoms with Crippen molar-refractivity contribution >= 4 is 20.2 Å². The summed E-state index contributed by atoms with van der Waals surface area (Å²) < 4.78 is 57.7. The van der Waals surface area contributed by atoms with Crippen LogP contribution in [0.25, 0.3) is 0 Å². The van der Waals surface area contributed by atoms with Crippen molar-refractivity contribution in [2.24, 2.45) is 0 Å². The molecule has 1 saturated heterocycles. The summed E-state index contributed by atoms with van der Waals surface area (Å²) in [6.45, 7) is 0.0804. The SMILES string of the molecule is CS(=O)(=O)OCC1OCCC1OS(C)(=O)=O. The molecule has 0 amide bonds. The first-order valence-corrected chi connectivity index (χ1v) is 8.15. The Bertz CT molecular complexity index is 424. The molecule has 0 aromatic heterocycles. The third-order valence-electron chi connectivity index (χ3n) is 1.89. The summed E-state index contributed by atoms with van der Waals surface area (Å²) >= 11 is 0. The minimum atomic E-state index is -3.58. The van der Waals surface area contributed by atoms with Crippen molar-refractivity contribution in [2.75, 3.05) is 25.7 Å². The van der Waals surface area contributed by atoms with Crippen LogP contribution in [0.1, 0.15) is 6.42 Å². The van der Waals surface area contributed by atoms with Crippen LogP contribution in [-0.2, 0) is 33.3 Å². The Morgan fingerprint density at radius 2 is 1.81 bits per heavy atom. The van der Waals surface area contributed by atoms with E-state index >= 15 is 0 Å². The van der Waals surface area contributed by atoms with Crippen molar-refractivity contribution in [3.8, 4) is 0 Å². The van der Waals surface area contributed by atoms with Crippen LogP contribution in [0, 0.1) is 0 Å². The van der Waals surface area contributed by atoms with Gasteiger partial charge < -0.3 is 4.74 Å². The van der Waals surface area contributed by atoms with E-state index in [1.807, 2.05) is 0 Å². The van der Waals surface area contributed by atoms with Crippen molar-refractivity contribution in [3.05, 3.63) is 0 Å². The van der Waals surface area contributed by atoms with Crippen LogP contribution < -0.4 is 0 Å². The molecule has 0 N–H and O–H groups in total. The fourth-order valence-electron chi connectivity index (χ4n) is 1.31. The maximum atomic E-state index is 10.9. The molecule has 1 rings (SSSR count). The van der Waals surface area contributed by atoms with E-state index in [2.05, 4.69) is 4.18 Å². The van der Waals surface area contributed by atoms with Gasteiger partial charge in [0.15, 0.2) is 0 Å². The molecule has 9 heteroatoms. The van der Waals surface area contributed by atoms with E-state index in [1.54, 1.807) is 0 Å². The summed E-state index contributed by atoms with van der Waals surface area (Å²) in [7, 11) is -7.14. The zero-order valence-electron chi connectivity index (χ0n) is 8.95. The Balaban J connectivity index is 2.53. The summed E-state index contributed by atoms with van der Waals surface area (Å²) in [6.07, 6.45) is 0.875. The monoisotopic (exact) mass is 274 g/mol. The number of hydrogen-bond donors (Lipinski definition) is 0. The lowest BCUT2D eigenvalue weighted by Gasteiger charge is -2.16. The summed E-state index contributed by atoms with van der Waals surface area (Å²) in [4.78, 5) is 0. The fraction of sp³-hybridized carbons (Fsp3) is 1.00. The van der Waals surface area contributed by atoms with Gasteiger partial charge in [0.1, 0.15) is 12.2 Å². The maximum Gasteiger partial charge on any atom is 0.264 e. The van der Waals surface area contributed by atoms with Crippen molar-refractivity contribution in [1.29, 1.82) is 0 Å². The van der Waals surface area contributed by atoms with Crippen LogP contribution in [0.2, 0.25) is 0 Å². The van der Waals surface area contributed by atoms with Gasteiger partial charge in [-0.15, -0.1) is 0 Å². The van der Waals surface area contributed by atoms with Gasteiger partial charge in [-0.25, -0.2) is 0 Å². The molecule has 1 aliphatic rings. The third-order valence-corrected chi connectivity index (χ3v) is 3.05. The Labute approximate surface area is 94.9 Å². The van der Waals surface area contributed by atoms with Gasteiger partial charge >= 0.3 is 0 Å². The Morgan fingerprint density at radius 3 is 2.31 bits per heavy atom. The van der Waals surface area contributed by atoms with Gasteiger partial charge in [0.25, 0.3) is 20.2 Å². The predicted molar refractivity (Wildman–Crippen MR) is 54.9 cm³/mol. The number of hydrogen-bond acceptors (Lipinski definition) is 7. The van der Waals surface area contributed by atoms with Crippen LogP contribution >= 0.6 is 0 Å². The second kappa shape index (κ2) is 4.96. The van der Waals surface area contributed by atoms with Gasteiger partial charge in [-0.1, -0.05) is 0 Å². The van der Waals surface area contributed by atoms with E-state index in [0.29, 0.717) is 13.0 Å². The Kier molecular flexibility index (Phi) is 4.29. The van der Waals surface area contributed by atoms with Gasteiger partial charge in [0, 0.05) is 13.0 Å². The minimum absolute atomic E-state index is 0.237. The molecule has 7 nitrogen and oxygen atoms in total. The van der Waals surface area contributed by atoms with Crippen LogP contribution in [-0.4, -0.2) is 54.8 Å².